The highest BCUT2D eigenvalue weighted by Crippen LogP contribution is 2.18. The topological polar surface area (TPSA) is 68.3 Å². The third kappa shape index (κ3) is 5.14. The normalized spacial score (nSPS) is 14.7. The molecule has 124 valence electrons. The van der Waals surface area contributed by atoms with Crippen molar-refractivity contribution in [2.24, 2.45) is 0 Å². The summed E-state index contributed by atoms with van der Waals surface area (Å²) >= 11 is 0. The van der Waals surface area contributed by atoms with Crippen LogP contribution in [0.15, 0.2) is 12.3 Å². The lowest BCUT2D eigenvalue weighted by molar-refractivity contribution is 0.0372. The number of nitrogens with zero attached hydrogens (tertiary/aromatic N) is 1. The lowest BCUT2D eigenvalue weighted by Gasteiger charge is -2.22. The van der Waals surface area contributed by atoms with Gasteiger partial charge in [-0.2, -0.15) is 0 Å². The molecule has 1 rings (SSSR count). The molecule has 0 radical (unpaired) electrons. The number of ether oxygens (including phenoxy) is 1. The Bertz CT molecular complexity index is 570. The number of pyridine rings is 1. The molecule has 1 aromatic rings. The number of aromatic nitrogens is 1. The summed E-state index contributed by atoms with van der Waals surface area (Å²) in [7, 11) is -1.30. The van der Waals surface area contributed by atoms with Gasteiger partial charge in [0.2, 0.25) is 0 Å². The number of hydrogen-bond acceptors (Lipinski definition) is 4. The largest absolute Gasteiger partial charge is 0.459 e. The molecule has 0 fully saturated rings. The van der Waals surface area contributed by atoms with Gasteiger partial charge in [-0.25, -0.2) is 18.1 Å². The summed E-state index contributed by atoms with van der Waals surface area (Å²) in [5.74, 6) is -1.47. The minimum Gasteiger partial charge on any atom is -0.459 e. The van der Waals surface area contributed by atoms with Crippen LogP contribution in [0.1, 0.15) is 63.6 Å². The molecule has 2 atom stereocenters. The van der Waals surface area contributed by atoms with Crippen molar-refractivity contribution in [2.75, 3.05) is 0 Å². The fourth-order valence-corrected chi connectivity index (χ4v) is 2.32. The maximum Gasteiger partial charge on any atom is 0.341 e. The molecule has 0 saturated carbocycles. The van der Waals surface area contributed by atoms with E-state index in [-0.39, 0.29) is 11.7 Å². The first kappa shape index (κ1) is 18.7. The molecule has 5 nitrogen and oxygen atoms in total. The summed E-state index contributed by atoms with van der Waals surface area (Å²) in [6, 6.07) is 0.934. The lowest BCUT2D eigenvalue weighted by atomic mass is 10.1. The van der Waals surface area contributed by atoms with Crippen molar-refractivity contribution in [1.82, 2.24) is 9.71 Å². The van der Waals surface area contributed by atoms with Gasteiger partial charge >= 0.3 is 5.97 Å². The summed E-state index contributed by atoms with van der Waals surface area (Å²) in [6.07, 6.45) is 0.636. The van der Waals surface area contributed by atoms with E-state index >= 15 is 0 Å². The Kier molecular flexibility index (Phi) is 6.19. The van der Waals surface area contributed by atoms with E-state index in [1.165, 1.54) is 6.07 Å². The average Bonchev–Trinajstić information content (AvgIpc) is 2.36. The van der Waals surface area contributed by atoms with E-state index in [4.69, 9.17) is 4.74 Å². The van der Waals surface area contributed by atoms with Crippen molar-refractivity contribution in [2.45, 2.75) is 58.4 Å². The number of hydrogen-bond donors (Lipinski definition) is 1. The van der Waals surface area contributed by atoms with Gasteiger partial charge in [0.05, 0.1) is 45.3 Å². The molecule has 0 aliphatic heterocycles. The van der Waals surface area contributed by atoms with Gasteiger partial charge in [-0.3, -0.25) is 4.98 Å². The standard InChI is InChI=1S/C15H23FN2O3S/c1-9(2)21-14(19)11-7-13(17-8-12(11)16)10(3)18-22(20)15(4,5)6/h7-10,18H,1-6H3. The molecule has 0 amide bonds. The minimum absolute atomic E-state index is 0.172. The Labute approximate surface area is 133 Å². The van der Waals surface area contributed by atoms with Gasteiger partial charge < -0.3 is 4.74 Å². The van der Waals surface area contributed by atoms with Crippen LogP contribution in [0.5, 0.6) is 0 Å². The zero-order chi connectivity index (χ0) is 17.1. The molecule has 7 heteroatoms. The van der Waals surface area contributed by atoms with E-state index in [0.29, 0.717) is 5.69 Å². The monoisotopic (exact) mass is 330 g/mol. The van der Waals surface area contributed by atoms with Crippen LogP contribution >= 0.6 is 0 Å². The number of halogens is 1. The van der Waals surface area contributed by atoms with Gasteiger partial charge in [0.25, 0.3) is 0 Å². The Morgan fingerprint density at radius 3 is 2.45 bits per heavy atom. The van der Waals surface area contributed by atoms with Crippen LogP contribution in [-0.4, -0.2) is 26.0 Å². The Hall–Kier alpha value is -1.34. The van der Waals surface area contributed by atoms with E-state index in [9.17, 15) is 13.4 Å². The van der Waals surface area contributed by atoms with Gasteiger partial charge in [-0.1, -0.05) is 0 Å². The van der Waals surface area contributed by atoms with E-state index in [2.05, 4.69) is 9.71 Å². The average molecular weight is 330 g/mol. The van der Waals surface area contributed by atoms with E-state index in [1.54, 1.807) is 20.8 Å². The quantitative estimate of drug-likeness (QED) is 0.843. The number of rotatable bonds is 5. The number of esters is 1. The molecule has 0 aromatic carbocycles. The van der Waals surface area contributed by atoms with E-state index in [0.717, 1.165) is 6.20 Å². The lowest BCUT2D eigenvalue weighted by Crippen LogP contribution is -2.35. The Morgan fingerprint density at radius 1 is 1.36 bits per heavy atom. The molecule has 2 unspecified atom stereocenters. The highest BCUT2D eigenvalue weighted by atomic mass is 32.2. The Balaban J connectivity index is 2.97. The minimum atomic E-state index is -1.30. The third-order valence-electron chi connectivity index (χ3n) is 2.72. The van der Waals surface area contributed by atoms with E-state index < -0.39 is 33.6 Å². The van der Waals surface area contributed by atoms with Crippen LogP contribution in [0.3, 0.4) is 0 Å². The second-order valence-corrected chi connectivity index (χ2v) is 8.26. The molecule has 0 spiro atoms. The van der Waals surface area contributed by atoms with Gasteiger partial charge in [-0.05, 0) is 47.6 Å². The van der Waals surface area contributed by atoms with E-state index in [1.807, 2.05) is 20.8 Å². The van der Waals surface area contributed by atoms with Crippen LogP contribution in [0.2, 0.25) is 0 Å². The molecule has 1 N–H and O–H groups in total. The summed E-state index contributed by atoms with van der Waals surface area (Å²) in [5, 5.41) is 0. The fraction of sp³-hybridized carbons (Fsp3) is 0.600. The van der Waals surface area contributed by atoms with Crippen LogP contribution in [0, 0.1) is 5.82 Å². The van der Waals surface area contributed by atoms with Crippen molar-refractivity contribution in [3.63, 3.8) is 0 Å². The molecule has 0 saturated heterocycles. The first-order valence-electron chi connectivity index (χ1n) is 7.07. The highest BCUT2D eigenvalue weighted by molar-refractivity contribution is 7.84. The third-order valence-corrected chi connectivity index (χ3v) is 4.40. The van der Waals surface area contributed by atoms with Gasteiger partial charge in [0.1, 0.15) is 0 Å². The predicted octanol–water partition coefficient (Wildman–Crippen LogP) is 2.90. The first-order chi connectivity index (χ1) is 10.0. The zero-order valence-electron chi connectivity index (χ0n) is 13.8. The molecule has 0 aliphatic carbocycles. The molecular weight excluding hydrogens is 307 g/mol. The molecule has 1 aromatic heterocycles. The maximum absolute atomic E-state index is 13.7. The number of carbonyl (C=O) groups excluding carboxylic acids is 1. The molecular formula is C15H23FN2O3S. The van der Waals surface area contributed by atoms with Gasteiger partial charge in [0.15, 0.2) is 5.82 Å². The summed E-state index contributed by atoms with van der Waals surface area (Å²) in [5.41, 5.74) is 0.253. The zero-order valence-corrected chi connectivity index (χ0v) is 14.6. The van der Waals surface area contributed by atoms with Crippen LogP contribution in [0.4, 0.5) is 4.39 Å². The second-order valence-electron chi connectivity index (χ2n) is 6.26. The highest BCUT2D eigenvalue weighted by Gasteiger charge is 2.23. The number of carbonyl (C=O) groups is 1. The predicted molar refractivity (Wildman–Crippen MR) is 84.2 cm³/mol. The molecule has 0 aliphatic rings. The SMILES string of the molecule is CC(C)OC(=O)c1cc(C(C)NS(=O)C(C)(C)C)ncc1F. The maximum atomic E-state index is 13.7. The van der Waals surface area contributed by atoms with Crippen molar-refractivity contribution >= 4 is 17.0 Å². The van der Waals surface area contributed by atoms with Crippen molar-refractivity contribution in [1.29, 1.82) is 0 Å². The summed E-state index contributed by atoms with van der Waals surface area (Å²) in [6.45, 7) is 10.6. The van der Waals surface area contributed by atoms with Crippen LogP contribution in [0.25, 0.3) is 0 Å². The molecule has 22 heavy (non-hydrogen) atoms. The van der Waals surface area contributed by atoms with Gasteiger partial charge in [0, 0.05) is 0 Å². The van der Waals surface area contributed by atoms with Crippen molar-refractivity contribution < 1.29 is 18.1 Å². The first-order valence-corrected chi connectivity index (χ1v) is 8.21. The summed E-state index contributed by atoms with van der Waals surface area (Å²) < 4.78 is 33.3. The van der Waals surface area contributed by atoms with Crippen molar-refractivity contribution in [3.05, 3.63) is 29.3 Å². The number of nitrogens with one attached hydrogen (secondary N) is 1. The summed E-state index contributed by atoms with van der Waals surface area (Å²) in [4.78, 5) is 15.8. The molecule has 0 bridgehead atoms. The van der Waals surface area contributed by atoms with Crippen LogP contribution in [-0.2, 0) is 15.7 Å². The van der Waals surface area contributed by atoms with Gasteiger partial charge in [-0.15, -0.1) is 0 Å². The second kappa shape index (κ2) is 7.28. The van der Waals surface area contributed by atoms with Crippen LogP contribution < -0.4 is 4.72 Å². The fourth-order valence-electron chi connectivity index (χ4n) is 1.52. The molecule has 1 heterocycles. The smallest absolute Gasteiger partial charge is 0.341 e. The Morgan fingerprint density at radius 2 is 1.95 bits per heavy atom. The van der Waals surface area contributed by atoms with Crippen molar-refractivity contribution in [3.8, 4) is 0 Å².